The van der Waals surface area contributed by atoms with Gasteiger partial charge in [0.1, 0.15) is 0 Å². The average molecular weight is 259 g/mol. The molecule has 0 saturated carbocycles. The minimum atomic E-state index is 0.197. The van der Waals surface area contributed by atoms with Crippen molar-refractivity contribution in [2.24, 2.45) is 5.92 Å². The highest BCUT2D eigenvalue weighted by molar-refractivity contribution is 5.79. The second-order valence-corrected chi connectivity index (χ2v) is 5.57. The number of benzene rings is 1. The van der Waals surface area contributed by atoms with Gasteiger partial charge in [-0.05, 0) is 24.8 Å². The molecular formula is C16H21NO2. The molecule has 1 amide bonds. The molecule has 0 bridgehead atoms. The molecule has 3 nitrogen and oxygen atoms in total. The monoisotopic (exact) mass is 259 g/mol. The Labute approximate surface area is 114 Å². The van der Waals surface area contributed by atoms with Crippen LogP contribution in [0.25, 0.3) is 0 Å². The van der Waals surface area contributed by atoms with E-state index in [2.05, 4.69) is 29.2 Å². The third-order valence-corrected chi connectivity index (χ3v) is 4.34. The van der Waals surface area contributed by atoms with Gasteiger partial charge in [-0.1, -0.05) is 30.3 Å². The minimum absolute atomic E-state index is 0.197. The van der Waals surface area contributed by atoms with E-state index >= 15 is 0 Å². The molecule has 0 spiro atoms. The van der Waals surface area contributed by atoms with Crippen LogP contribution in [0.3, 0.4) is 0 Å². The zero-order valence-electron chi connectivity index (χ0n) is 11.3. The van der Waals surface area contributed by atoms with Gasteiger partial charge < -0.3 is 9.64 Å². The fourth-order valence-electron chi connectivity index (χ4n) is 3.16. The Morgan fingerprint density at radius 2 is 1.84 bits per heavy atom. The molecule has 102 valence electrons. The molecule has 3 heteroatoms. The smallest absolute Gasteiger partial charge is 0.225 e. The quantitative estimate of drug-likeness (QED) is 0.816. The Morgan fingerprint density at radius 3 is 2.58 bits per heavy atom. The van der Waals surface area contributed by atoms with E-state index in [-0.39, 0.29) is 5.92 Å². The third-order valence-electron chi connectivity index (χ3n) is 4.34. The number of nitrogens with zero attached hydrogens (tertiary/aromatic N) is 1. The van der Waals surface area contributed by atoms with Crippen LogP contribution in [0.5, 0.6) is 0 Å². The lowest BCUT2D eigenvalue weighted by molar-refractivity contribution is -0.137. The van der Waals surface area contributed by atoms with E-state index in [4.69, 9.17) is 4.74 Å². The van der Waals surface area contributed by atoms with Crippen molar-refractivity contribution in [2.45, 2.75) is 25.2 Å². The summed E-state index contributed by atoms with van der Waals surface area (Å²) in [6.07, 6.45) is 2.88. The van der Waals surface area contributed by atoms with Gasteiger partial charge in [-0.3, -0.25) is 4.79 Å². The number of carbonyl (C=O) groups excluding carboxylic acids is 1. The molecule has 0 aromatic heterocycles. The predicted molar refractivity (Wildman–Crippen MR) is 73.9 cm³/mol. The predicted octanol–water partition coefficient (Wildman–Crippen LogP) is 2.43. The molecule has 1 atom stereocenters. The average Bonchev–Trinajstić information content (AvgIpc) is 2.98. The van der Waals surface area contributed by atoms with Gasteiger partial charge in [0.15, 0.2) is 0 Å². The van der Waals surface area contributed by atoms with Crippen molar-refractivity contribution in [2.75, 3.05) is 26.3 Å². The van der Waals surface area contributed by atoms with Crippen LogP contribution in [-0.2, 0) is 9.53 Å². The highest BCUT2D eigenvalue weighted by Gasteiger charge is 2.32. The second-order valence-electron chi connectivity index (χ2n) is 5.57. The molecule has 2 aliphatic rings. The Bertz CT molecular complexity index is 426. The largest absolute Gasteiger partial charge is 0.381 e. The van der Waals surface area contributed by atoms with Crippen LogP contribution in [0.2, 0.25) is 0 Å². The Balaban J connectivity index is 1.61. The summed E-state index contributed by atoms with van der Waals surface area (Å²) in [6, 6.07) is 10.6. The standard InChI is InChI=1S/C16H21NO2/c18-16(14-7-10-19-11-8-14)17-9-6-15(12-17)13-4-2-1-3-5-13/h1-5,14-15H,6-12H2. The van der Waals surface area contributed by atoms with Crippen molar-refractivity contribution >= 4 is 5.91 Å². The number of hydrogen-bond acceptors (Lipinski definition) is 2. The SMILES string of the molecule is O=C(C1CCOCC1)N1CCC(c2ccccc2)C1. The van der Waals surface area contributed by atoms with Crippen molar-refractivity contribution < 1.29 is 9.53 Å². The summed E-state index contributed by atoms with van der Waals surface area (Å²) in [5, 5.41) is 0. The van der Waals surface area contributed by atoms with E-state index < -0.39 is 0 Å². The zero-order chi connectivity index (χ0) is 13.1. The van der Waals surface area contributed by atoms with Crippen LogP contribution < -0.4 is 0 Å². The first-order valence-electron chi connectivity index (χ1n) is 7.26. The van der Waals surface area contributed by atoms with Crippen LogP contribution in [0.4, 0.5) is 0 Å². The van der Waals surface area contributed by atoms with E-state index in [1.807, 2.05) is 6.07 Å². The molecule has 1 aromatic carbocycles. The summed E-state index contributed by atoms with van der Waals surface area (Å²) in [7, 11) is 0. The van der Waals surface area contributed by atoms with Crippen molar-refractivity contribution in [1.29, 1.82) is 0 Å². The van der Waals surface area contributed by atoms with E-state index in [0.29, 0.717) is 11.8 Å². The van der Waals surface area contributed by atoms with Gasteiger partial charge in [-0.25, -0.2) is 0 Å². The zero-order valence-corrected chi connectivity index (χ0v) is 11.3. The normalized spacial score (nSPS) is 24.6. The molecule has 2 aliphatic heterocycles. The van der Waals surface area contributed by atoms with Gasteiger partial charge in [-0.2, -0.15) is 0 Å². The number of ether oxygens (including phenoxy) is 1. The Kier molecular flexibility index (Phi) is 3.83. The molecule has 0 radical (unpaired) electrons. The van der Waals surface area contributed by atoms with Gasteiger partial charge in [-0.15, -0.1) is 0 Å². The number of rotatable bonds is 2. The first-order valence-corrected chi connectivity index (χ1v) is 7.26. The van der Waals surface area contributed by atoms with Crippen molar-refractivity contribution in [3.8, 4) is 0 Å². The Hall–Kier alpha value is -1.35. The molecule has 0 N–H and O–H groups in total. The molecular weight excluding hydrogens is 238 g/mol. The van der Waals surface area contributed by atoms with E-state index in [1.165, 1.54) is 5.56 Å². The molecule has 2 saturated heterocycles. The fourth-order valence-corrected chi connectivity index (χ4v) is 3.16. The van der Waals surface area contributed by atoms with Crippen molar-refractivity contribution in [3.05, 3.63) is 35.9 Å². The summed E-state index contributed by atoms with van der Waals surface area (Å²) < 4.78 is 5.33. The topological polar surface area (TPSA) is 29.5 Å². The number of carbonyl (C=O) groups is 1. The molecule has 1 aromatic rings. The van der Waals surface area contributed by atoms with Crippen LogP contribution in [-0.4, -0.2) is 37.1 Å². The summed E-state index contributed by atoms with van der Waals surface area (Å²) >= 11 is 0. The number of hydrogen-bond donors (Lipinski definition) is 0. The van der Waals surface area contributed by atoms with Gasteiger partial charge in [0, 0.05) is 38.1 Å². The lowest BCUT2D eigenvalue weighted by Crippen LogP contribution is -2.36. The molecule has 0 aliphatic carbocycles. The molecule has 1 unspecified atom stereocenters. The maximum absolute atomic E-state index is 12.4. The highest BCUT2D eigenvalue weighted by Crippen LogP contribution is 2.29. The minimum Gasteiger partial charge on any atom is -0.381 e. The number of amides is 1. The van der Waals surface area contributed by atoms with E-state index in [1.54, 1.807) is 0 Å². The van der Waals surface area contributed by atoms with Crippen LogP contribution >= 0.6 is 0 Å². The first kappa shape index (κ1) is 12.7. The summed E-state index contributed by atoms with van der Waals surface area (Å²) in [6.45, 7) is 3.29. The summed E-state index contributed by atoms with van der Waals surface area (Å²) in [5.41, 5.74) is 1.37. The number of likely N-dealkylation sites (tertiary alicyclic amines) is 1. The van der Waals surface area contributed by atoms with Crippen molar-refractivity contribution in [1.82, 2.24) is 4.90 Å². The maximum atomic E-state index is 12.4. The van der Waals surface area contributed by atoms with E-state index in [9.17, 15) is 4.79 Å². The molecule has 2 heterocycles. The van der Waals surface area contributed by atoms with Crippen LogP contribution in [0.1, 0.15) is 30.7 Å². The molecule has 3 rings (SSSR count). The third kappa shape index (κ3) is 2.81. The Morgan fingerprint density at radius 1 is 1.11 bits per heavy atom. The van der Waals surface area contributed by atoms with Gasteiger partial charge in [0.25, 0.3) is 0 Å². The molecule has 19 heavy (non-hydrogen) atoms. The summed E-state index contributed by atoms with van der Waals surface area (Å²) in [4.78, 5) is 14.5. The lowest BCUT2D eigenvalue weighted by Gasteiger charge is -2.26. The first-order chi connectivity index (χ1) is 9.34. The van der Waals surface area contributed by atoms with Crippen LogP contribution in [0.15, 0.2) is 30.3 Å². The summed E-state index contributed by atoms with van der Waals surface area (Å²) in [5.74, 6) is 1.06. The second kappa shape index (κ2) is 5.74. The van der Waals surface area contributed by atoms with Gasteiger partial charge >= 0.3 is 0 Å². The van der Waals surface area contributed by atoms with Gasteiger partial charge in [0.05, 0.1) is 0 Å². The maximum Gasteiger partial charge on any atom is 0.225 e. The lowest BCUT2D eigenvalue weighted by atomic mass is 9.98. The highest BCUT2D eigenvalue weighted by atomic mass is 16.5. The van der Waals surface area contributed by atoms with E-state index in [0.717, 1.165) is 45.6 Å². The van der Waals surface area contributed by atoms with Gasteiger partial charge in [0.2, 0.25) is 5.91 Å². The van der Waals surface area contributed by atoms with Crippen LogP contribution in [0, 0.1) is 5.92 Å². The fraction of sp³-hybridized carbons (Fsp3) is 0.562. The van der Waals surface area contributed by atoms with Crippen molar-refractivity contribution in [3.63, 3.8) is 0 Å². The molecule has 2 fully saturated rings.